The number of ketones is 1. The molecule has 0 bridgehead atoms. The van der Waals surface area contributed by atoms with Gasteiger partial charge in [-0.15, -0.1) is 0 Å². The first-order valence-corrected chi connectivity index (χ1v) is 5.58. The summed E-state index contributed by atoms with van der Waals surface area (Å²) in [5.74, 6) is 0.545. The van der Waals surface area contributed by atoms with Gasteiger partial charge in [0.1, 0.15) is 5.76 Å². The molecule has 0 spiro atoms. The van der Waals surface area contributed by atoms with Gasteiger partial charge in [0.15, 0.2) is 5.78 Å². The summed E-state index contributed by atoms with van der Waals surface area (Å²) in [7, 11) is 0. The first-order valence-electron chi connectivity index (χ1n) is 5.58. The summed E-state index contributed by atoms with van der Waals surface area (Å²) in [6, 6.07) is 0. The van der Waals surface area contributed by atoms with Crippen molar-refractivity contribution in [1.82, 2.24) is 0 Å². The Labute approximate surface area is 99.7 Å². The molecule has 0 fully saturated rings. The van der Waals surface area contributed by atoms with E-state index in [4.69, 9.17) is 4.74 Å². The van der Waals surface area contributed by atoms with Crippen molar-refractivity contribution in [2.45, 2.75) is 47.6 Å². The van der Waals surface area contributed by atoms with Gasteiger partial charge in [-0.2, -0.15) is 0 Å². The van der Waals surface area contributed by atoms with Crippen LogP contribution in [-0.4, -0.2) is 11.9 Å². The first kappa shape index (κ1) is 17.1. The molecule has 0 saturated carbocycles. The molecule has 0 N–H and O–H groups in total. The molecule has 92 valence electrons. The second-order valence-corrected chi connectivity index (χ2v) is 3.50. The second kappa shape index (κ2) is 8.96. The van der Waals surface area contributed by atoms with Gasteiger partial charge < -0.3 is 4.74 Å². The van der Waals surface area contributed by atoms with Crippen LogP contribution in [0.15, 0.2) is 36.1 Å². The van der Waals surface area contributed by atoms with Gasteiger partial charge in [0.05, 0.1) is 6.10 Å². The van der Waals surface area contributed by atoms with E-state index in [1.54, 1.807) is 6.08 Å². The Hall–Kier alpha value is -1.31. The summed E-state index contributed by atoms with van der Waals surface area (Å²) in [6.07, 6.45) is 1.78. The highest BCUT2D eigenvalue weighted by molar-refractivity contribution is 5.95. The van der Waals surface area contributed by atoms with Crippen LogP contribution in [-0.2, 0) is 9.53 Å². The maximum Gasteiger partial charge on any atom is 0.159 e. The van der Waals surface area contributed by atoms with Crippen LogP contribution in [0.1, 0.15) is 41.5 Å². The molecule has 0 amide bonds. The number of carbonyl (C=O) groups excluding carboxylic acids is 1. The third-order valence-electron chi connectivity index (χ3n) is 1.66. The monoisotopic (exact) mass is 224 g/mol. The van der Waals surface area contributed by atoms with E-state index >= 15 is 0 Å². The van der Waals surface area contributed by atoms with Crippen LogP contribution in [0.25, 0.3) is 0 Å². The zero-order valence-electron chi connectivity index (χ0n) is 11.4. The molecule has 0 atom stereocenters. The fraction of sp³-hybridized carbons (Fsp3) is 0.500. The van der Waals surface area contributed by atoms with Crippen molar-refractivity contribution in [2.75, 3.05) is 0 Å². The van der Waals surface area contributed by atoms with E-state index in [0.717, 1.165) is 5.57 Å². The smallest absolute Gasteiger partial charge is 0.159 e. The number of Topliss-reactive ketones (excluding diaryl/α,β-unsaturated/α-hetero) is 1. The Morgan fingerprint density at radius 1 is 1.19 bits per heavy atom. The lowest BCUT2D eigenvalue weighted by atomic mass is 10.1. The van der Waals surface area contributed by atoms with Gasteiger partial charge >= 0.3 is 0 Å². The van der Waals surface area contributed by atoms with Crippen LogP contribution >= 0.6 is 0 Å². The van der Waals surface area contributed by atoms with Gasteiger partial charge in [-0.3, -0.25) is 4.79 Å². The Morgan fingerprint density at radius 2 is 1.62 bits per heavy atom. The summed E-state index contributed by atoms with van der Waals surface area (Å²) in [5.41, 5.74) is 1.30. The van der Waals surface area contributed by atoms with Crippen LogP contribution in [0, 0.1) is 0 Å². The maximum absolute atomic E-state index is 10.9. The van der Waals surface area contributed by atoms with Gasteiger partial charge in [0, 0.05) is 5.57 Å². The number of ether oxygens (including phenoxy) is 1. The predicted octanol–water partition coefficient (Wildman–Crippen LogP) is 4.04. The summed E-state index contributed by atoms with van der Waals surface area (Å²) < 4.78 is 5.38. The Bertz CT molecular complexity index is 283. The average Bonchev–Trinajstić information content (AvgIpc) is 2.19. The fourth-order valence-corrected chi connectivity index (χ4v) is 0.821. The number of hydrogen-bond acceptors (Lipinski definition) is 2. The second-order valence-electron chi connectivity index (χ2n) is 3.50. The molecule has 2 heteroatoms. The van der Waals surface area contributed by atoms with Gasteiger partial charge in [-0.1, -0.05) is 27.0 Å². The molecule has 0 unspecified atom stereocenters. The number of allylic oxidation sites excluding steroid dienone is 3. The maximum atomic E-state index is 10.9. The van der Waals surface area contributed by atoms with Crippen molar-refractivity contribution < 1.29 is 9.53 Å². The molecule has 16 heavy (non-hydrogen) atoms. The largest absolute Gasteiger partial charge is 0.491 e. The molecule has 2 nitrogen and oxygen atoms in total. The molecular formula is C14H24O2. The third-order valence-corrected chi connectivity index (χ3v) is 1.66. The Morgan fingerprint density at radius 3 is 1.94 bits per heavy atom. The van der Waals surface area contributed by atoms with Crippen molar-refractivity contribution >= 4 is 5.78 Å². The molecule has 0 heterocycles. The van der Waals surface area contributed by atoms with E-state index in [1.165, 1.54) is 6.92 Å². The Kier molecular flexibility index (Phi) is 9.57. The van der Waals surface area contributed by atoms with Crippen LogP contribution in [0.2, 0.25) is 0 Å². The fourth-order valence-electron chi connectivity index (χ4n) is 0.821. The molecule has 0 rings (SSSR count). The van der Waals surface area contributed by atoms with Crippen molar-refractivity contribution in [2.24, 2.45) is 0 Å². The molecule has 0 aromatic heterocycles. The molecule has 0 aliphatic heterocycles. The highest BCUT2D eigenvalue weighted by Crippen LogP contribution is 2.13. The normalized spacial score (nSPS) is 10.3. The third kappa shape index (κ3) is 8.04. The van der Waals surface area contributed by atoms with Crippen LogP contribution in [0.5, 0.6) is 0 Å². The summed E-state index contributed by atoms with van der Waals surface area (Å²) in [5, 5.41) is 0. The van der Waals surface area contributed by atoms with Crippen molar-refractivity contribution in [1.29, 1.82) is 0 Å². The predicted molar refractivity (Wildman–Crippen MR) is 70.3 cm³/mol. The molecule has 0 aromatic rings. The molecule has 0 saturated heterocycles. The topological polar surface area (TPSA) is 26.3 Å². The standard InChI is InChI=1S/C12H18O2.C2H6/c1-8(2)14-12(6)10(4)7-9(3)11(5)13;1-2/h7-8H,3,6H2,1-2,4-5H3;1-2H3/b10-7-;. The molecule has 0 aliphatic carbocycles. The van der Waals surface area contributed by atoms with Crippen LogP contribution in [0.3, 0.4) is 0 Å². The number of rotatable bonds is 5. The van der Waals surface area contributed by atoms with E-state index in [-0.39, 0.29) is 11.9 Å². The van der Waals surface area contributed by atoms with Gasteiger partial charge in [-0.25, -0.2) is 0 Å². The SMILES string of the molecule is C=C(/C=C(/C)C(=C)OC(C)C)C(C)=O.CC. The van der Waals surface area contributed by atoms with E-state index < -0.39 is 0 Å². The average molecular weight is 224 g/mol. The molecule has 0 radical (unpaired) electrons. The van der Waals surface area contributed by atoms with E-state index in [9.17, 15) is 4.79 Å². The summed E-state index contributed by atoms with van der Waals surface area (Å²) in [4.78, 5) is 10.9. The van der Waals surface area contributed by atoms with Gasteiger partial charge in [-0.05, 0) is 39.3 Å². The Balaban J connectivity index is 0. The highest BCUT2D eigenvalue weighted by atomic mass is 16.5. The zero-order chi connectivity index (χ0) is 13.3. The van der Waals surface area contributed by atoms with Crippen LogP contribution < -0.4 is 0 Å². The first-order chi connectivity index (χ1) is 7.34. The minimum Gasteiger partial charge on any atom is -0.491 e. The van der Waals surface area contributed by atoms with E-state index in [2.05, 4.69) is 13.2 Å². The quantitative estimate of drug-likeness (QED) is 0.400. The molecule has 0 aromatic carbocycles. The number of carbonyl (C=O) groups is 1. The zero-order valence-corrected chi connectivity index (χ0v) is 11.4. The minimum absolute atomic E-state index is 0.0401. The lowest BCUT2D eigenvalue weighted by molar-refractivity contribution is -0.113. The van der Waals surface area contributed by atoms with Crippen molar-refractivity contribution in [3.05, 3.63) is 36.1 Å². The summed E-state index contributed by atoms with van der Waals surface area (Å²) in [6.45, 7) is 18.6. The van der Waals surface area contributed by atoms with Crippen molar-refractivity contribution in [3.8, 4) is 0 Å². The summed E-state index contributed by atoms with van der Waals surface area (Å²) >= 11 is 0. The molecular weight excluding hydrogens is 200 g/mol. The number of hydrogen-bond donors (Lipinski definition) is 0. The van der Waals surface area contributed by atoms with Gasteiger partial charge in [0.25, 0.3) is 0 Å². The highest BCUT2D eigenvalue weighted by Gasteiger charge is 2.03. The lowest BCUT2D eigenvalue weighted by Crippen LogP contribution is -2.03. The lowest BCUT2D eigenvalue weighted by Gasteiger charge is -2.12. The van der Waals surface area contributed by atoms with Crippen LogP contribution in [0.4, 0.5) is 0 Å². The molecule has 0 aliphatic rings. The van der Waals surface area contributed by atoms with E-state index in [1.807, 2.05) is 34.6 Å². The van der Waals surface area contributed by atoms with E-state index in [0.29, 0.717) is 11.3 Å². The van der Waals surface area contributed by atoms with Crippen molar-refractivity contribution in [3.63, 3.8) is 0 Å². The van der Waals surface area contributed by atoms with Gasteiger partial charge in [0.2, 0.25) is 0 Å². The minimum atomic E-state index is -0.0401.